The molecular weight excluding hydrogens is 302 g/mol. The number of aromatic nitrogens is 2. The lowest BCUT2D eigenvalue weighted by Crippen LogP contribution is -2.36. The smallest absolute Gasteiger partial charge is 0.225 e. The van der Waals surface area contributed by atoms with Gasteiger partial charge in [-0.3, -0.25) is 0 Å². The van der Waals surface area contributed by atoms with Crippen LogP contribution in [0.25, 0.3) is 0 Å². The highest BCUT2D eigenvalue weighted by Crippen LogP contribution is 2.40. The number of halogens is 2. The Morgan fingerprint density at radius 1 is 1.26 bits per heavy atom. The van der Waals surface area contributed by atoms with E-state index in [2.05, 4.69) is 20.6 Å². The van der Waals surface area contributed by atoms with Gasteiger partial charge in [0, 0.05) is 24.9 Å². The van der Waals surface area contributed by atoms with Crippen LogP contribution in [0, 0.1) is 17.6 Å². The van der Waals surface area contributed by atoms with Crippen LogP contribution in [0.4, 0.5) is 20.5 Å². The highest BCUT2D eigenvalue weighted by atomic mass is 19.1. The minimum absolute atomic E-state index is 0.0341. The minimum Gasteiger partial charge on any atom is -0.393 e. The molecule has 3 rings (SSSR count). The van der Waals surface area contributed by atoms with E-state index in [0.29, 0.717) is 30.2 Å². The van der Waals surface area contributed by atoms with Gasteiger partial charge in [0.15, 0.2) is 0 Å². The predicted molar refractivity (Wildman–Crippen MR) is 83.0 cm³/mol. The van der Waals surface area contributed by atoms with Crippen molar-refractivity contribution in [2.45, 2.75) is 25.0 Å². The lowest BCUT2D eigenvalue weighted by molar-refractivity contribution is 0.0333. The zero-order chi connectivity index (χ0) is 16.4. The Kier molecular flexibility index (Phi) is 4.38. The number of benzene rings is 1. The molecule has 1 aliphatic rings. The highest BCUT2D eigenvalue weighted by Gasteiger charge is 2.36. The quantitative estimate of drug-likeness (QED) is 0.790. The first kappa shape index (κ1) is 15.6. The molecule has 1 aromatic carbocycles. The van der Waals surface area contributed by atoms with Crippen LogP contribution >= 0.6 is 0 Å². The molecule has 2 aromatic rings. The zero-order valence-electron chi connectivity index (χ0n) is 12.6. The molecule has 5 nitrogen and oxygen atoms in total. The average Bonchev–Trinajstić information content (AvgIpc) is 2.50. The van der Waals surface area contributed by atoms with Crippen molar-refractivity contribution in [3.63, 3.8) is 0 Å². The van der Waals surface area contributed by atoms with E-state index >= 15 is 0 Å². The van der Waals surface area contributed by atoms with Gasteiger partial charge in [0.05, 0.1) is 12.1 Å². The van der Waals surface area contributed by atoms with Gasteiger partial charge in [0.1, 0.15) is 17.5 Å². The van der Waals surface area contributed by atoms with Gasteiger partial charge in [-0.15, -0.1) is 0 Å². The van der Waals surface area contributed by atoms with Crippen LogP contribution in [0.3, 0.4) is 0 Å². The van der Waals surface area contributed by atoms with E-state index in [1.807, 2.05) is 0 Å². The Hall–Kier alpha value is -2.28. The summed E-state index contributed by atoms with van der Waals surface area (Å²) in [4.78, 5) is 8.41. The van der Waals surface area contributed by atoms with Gasteiger partial charge in [0.2, 0.25) is 5.95 Å². The van der Waals surface area contributed by atoms with Gasteiger partial charge < -0.3 is 15.7 Å². The van der Waals surface area contributed by atoms with Crippen LogP contribution in [0.1, 0.15) is 24.4 Å². The number of aliphatic hydroxyl groups is 1. The van der Waals surface area contributed by atoms with E-state index in [1.165, 1.54) is 12.1 Å². The van der Waals surface area contributed by atoms with Crippen molar-refractivity contribution in [3.8, 4) is 0 Å². The first-order chi connectivity index (χ1) is 11.1. The van der Waals surface area contributed by atoms with Crippen LogP contribution in [0.5, 0.6) is 0 Å². The fraction of sp³-hybridized carbons (Fsp3) is 0.375. The van der Waals surface area contributed by atoms with E-state index in [9.17, 15) is 13.9 Å². The maximum absolute atomic E-state index is 14.2. The summed E-state index contributed by atoms with van der Waals surface area (Å²) >= 11 is 0. The van der Waals surface area contributed by atoms with Gasteiger partial charge in [-0.1, -0.05) is 6.07 Å². The van der Waals surface area contributed by atoms with Gasteiger partial charge in [-0.05, 0) is 30.9 Å². The second-order valence-corrected chi connectivity index (χ2v) is 5.69. The first-order valence-electron chi connectivity index (χ1n) is 7.47. The van der Waals surface area contributed by atoms with Crippen LogP contribution in [-0.2, 0) is 0 Å². The fourth-order valence-electron chi connectivity index (χ4n) is 2.81. The third kappa shape index (κ3) is 3.39. The largest absolute Gasteiger partial charge is 0.393 e. The molecule has 122 valence electrons. The highest BCUT2D eigenvalue weighted by molar-refractivity contribution is 5.41. The molecule has 0 radical (unpaired) electrons. The molecule has 23 heavy (non-hydrogen) atoms. The van der Waals surface area contributed by atoms with E-state index in [4.69, 9.17) is 0 Å². The number of hydrogen-bond donors (Lipinski definition) is 3. The monoisotopic (exact) mass is 320 g/mol. The molecule has 0 unspecified atom stereocenters. The molecule has 7 heteroatoms. The second-order valence-electron chi connectivity index (χ2n) is 5.69. The summed E-state index contributed by atoms with van der Waals surface area (Å²) < 4.78 is 27.3. The predicted octanol–water partition coefficient (Wildman–Crippen LogP) is 2.72. The van der Waals surface area contributed by atoms with Crippen LogP contribution in [-0.4, -0.2) is 28.2 Å². The molecular formula is C16H18F2N4O. The van der Waals surface area contributed by atoms with Gasteiger partial charge >= 0.3 is 0 Å². The Morgan fingerprint density at radius 2 is 2.04 bits per heavy atom. The third-order valence-electron chi connectivity index (χ3n) is 4.11. The second kappa shape index (κ2) is 6.45. The number of hydrogen-bond acceptors (Lipinski definition) is 5. The summed E-state index contributed by atoms with van der Waals surface area (Å²) in [6, 6.07) is 4.81. The van der Waals surface area contributed by atoms with Crippen molar-refractivity contribution in [1.82, 2.24) is 9.97 Å². The number of anilines is 2. The molecule has 1 atom stereocenters. The van der Waals surface area contributed by atoms with Crippen molar-refractivity contribution < 1.29 is 13.9 Å². The van der Waals surface area contributed by atoms with Crippen LogP contribution in [0.2, 0.25) is 0 Å². The van der Waals surface area contributed by atoms with E-state index in [-0.39, 0.29) is 12.0 Å². The Balaban J connectivity index is 1.89. The first-order valence-corrected chi connectivity index (χ1v) is 7.47. The van der Waals surface area contributed by atoms with E-state index in [0.717, 1.165) is 6.07 Å². The van der Waals surface area contributed by atoms with Crippen molar-refractivity contribution >= 4 is 11.8 Å². The number of nitrogens with one attached hydrogen (secondary N) is 2. The lowest BCUT2D eigenvalue weighted by atomic mass is 9.75. The van der Waals surface area contributed by atoms with Crippen molar-refractivity contribution in [1.29, 1.82) is 0 Å². The Bertz CT molecular complexity index is 692. The fourth-order valence-corrected chi connectivity index (χ4v) is 2.81. The summed E-state index contributed by atoms with van der Waals surface area (Å²) in [7, 11) is 1.74. The molecule has 0 saturated heterocycles. The summed E-state index contributed by atoms with van der Waals surface area (Å²) in [5, 5.41) is 15.6. The van der Waals surface area contributed by atoms with Crippen LogP contribution < -0.4 is 10.6 Å². The molecule has 0 aliphatic heterocycles. The molecule has 1 saturated carbocycles. The molecule has 1 heterocycles. The summed E-state index contributed by atoms with van der Waals surface area (Å²) in [5.41, 5.74) is 0.349. The molecule has 1 aliphatic carbocycles. The molecule has 0 bridgehead atoms. The van der Waals surface area contributed by atoms with Gasteiger partial charge in [-0.2, -0.15) is 4.98 Å². The molecule has 0 spiro atoms. The molecule has 3 N–H and O–H groups in total. The third-order valence-corrected chi connectivity index (χ3v) is 4.11. The average molecular weight is 320 g/mol. The maximum atomic E-state index is 14.2. The zero-order valence-corrected chi connectivity index (χ0v) is 12.6. The minimum atomic E-state index is -0.618. The van der Waals surface area contributed by atoms with Crippen molar-refractivity contribution in [2.24, 2.45) is 5.92 Å². The SMILES string of the molecule is CNc1ccnc(N[C@H](c2ccc(F)cc2F)C2CC(O)C2)n1. The summed E-state index contributed by atoms with van der Waals surface area (Å²) in [5.74, 6) is -0.214. The van der Waals surface area contributed by atoms with E-state index < -0.39 is 17.7 Å². The maximum Gasteiger partial charge on any atom is 0.225 e. The molecule has 1 fully saturated rings. The van der Waals surface area contributed by atoms with Crippen molar-refractivity contribution in [2.75, 3.05) is 17.7 Å². The normalized spacial score (nSPS) is 21.4. The summed E-state index contributed by atoms with van der Waals surface area (Å²) in [6.07, 6.45) is 2.33. The molecule has 0 amide bonds. The number of nitrogens with zero attached hydrogens (tertiary/aromatic N) is 2. The topological polar surface area (TPSA) is 70.1 Å². The number of aliphatic hydroxyl groups excluding tert-OH is 1. The molecule has 1 aromatic heterocycles. The number of rotatable bonds is 5. The Labute approximate surface area is 132 Å². The Morgan fingerprint density at radius 3 is 2.70 bits per heavy atom. The van der Waals surface area contributed by atoms with E-state index in [1.54, 1.807) is 19.3 Å². The summed E-state index contributed by atoms with van der Waals surface area (Å²) in [6.45, 7) is 0. The van der Waals surface area contributed by atoms with Gasteiger partial charge in [-0.25, -0.2) is 13.8 Å². The standard InChI is InChI=1S/C16H18F2N4O/c1-19-14-4-5-20-16(21-14)22-15(9-6-11(23)7-9)12-3-2-10(17)8-13(12)18/h2-5,8-9,11,15,23H,6-7H2,1H3,(H2,19,20,21,22)/t9?,11?,15-/m0/s1. The lowest BCUT2D eigenvalue weighted by Gasteiger charge is -2.38. The van der Waals surface area contributed by atoms with Gasteiger partial charge in [0.25, 0.3) is 0 Å². The van der Waals surface area contributed by atoms with Crippen LogP contribution in [0.15, 0.2) is 30.5 Å². The van der Waals surface area contributed by atoms with Crippen molar-refractivity contribution in [3.05, 3.63) is 47.7 Å².